The Morgan fingerprint density at radius 2 is 1.50 bits per heavy atom. The van der Waals surface area contributed by atoms with E-state index in [0.717, 1.165) is 34.9 Å². The molecular weight excluding hydrogens is 410 g/mol. The van der Waals surface area contributed by atoms with Gasteiger partial charge in [-0.1, -0.05) is 82.7 Å². The topological polar surface area (TPSA) is 40.9 Å². The van der Waals surface area contributed by atoms with Gasteiger partial charge < -0.3 is 0 Å². The third kappa shape index (κ3) is 5.65. The minimum absolute atomic E-state index is 0.0358. The van der Waals surface area contributed by atoms with Gasteiger partial charge in [-0.2, -0.15) is 5.26 Å². The number of aryl methyl sites for hydroxylation is 1. The van der Waals surface area contributed by atoms with Gasteiger partial charge in [0.05, 0.1) is 12.0 Å². The molecule has 0 heterocycles. The van der Waals surface area contributed by atoms with Gasteiger partial charge in [-0.05, 0) is 48.1 Å². The average Bonchev–Trinajstić information content (AvgIpc) is 2.74. The van der Waals surface area contributed by atoms with Gasteiger partial charge in [0, 0.05) is 16.5 Å². The van der Waals surface area contributed by atoms with Crippen molar-refractivity contribution in [1.29, 1.82) is 5.26 Å². The Labute approximate surface area is 175 Å². The molecule has 3 rings (SSSR count). The Hall–Kier alpha value is -2.70. The van der Waals surface area contributed by atoms with Crippen LogP contribution < -0.4 is 0 Å². The van der Waals surface area contributed by atoms with Crippen molar-refractivity contribution < 1.29 is 4.79 Å². The molecule has 28 heavy (non-hydrogen) atoms. The molecule has 0 N–H and O–H groups in total. The highest BCUT2D eigenvalue weighted by atomic mass is 79.9. The van der Waals surface area contributed by atoms with E-state index in [4.69, 9.17) is 0 Å². The first-order valence-electron chi connectivity index (χ1n) is 9.48. The maximum atomic E-state index is 12.6. The highest BCUT2D eigenvalue weighted by molar-refractivity contribution is 9.10. The van der Waals surface area contributed by atoms with Gasteiger partial charge in [0.25, 0.3) is 0 Å². The lowest BCUT2D eigenvalue weighted by Gasteiger charge is -2.09. The van der Waals surface area contributed by atoms with E-state index in [9.17, 15) is 10.1 Å². The first-order chi connectivity index (χ1) is 13.7. The summed E-state index contributed by atoms with van der Waals surface area (Å²) < 4.78 is 1.04. The molecular formula is C25H22BrNO. The van der Waals surface area contributed by atoms with Crippen molar-refractivity contribution in [1.82, 2.24) is 0 Å². The zero-order valence-electron chi connectivity index (χ0n) is 15.6. The van der Waals surface area contributed by atoms with Crippen LogP contribution in [0.3, 0.4) is 0 Å². The van der Waals surface area contributed by atoms with E-state index in [-0.39, 0.29) is 18.1 Å². The van der Waals surface area contributed by atoms with E-state index < -0.39 is 0 Å². The smallest absolute Gasteiger partial charge is 0.164 e. The summed E-state index contributed by atoms with van der Waals surface area (Å²) in [6, 6.07) is 28.3. The maximum absolute atomic E-state index is 12.6. The second-order valence-electron chi connectivity index (χ2n) is 6.92. The molecule has 1 atom stereocenters. The second kappa shape index (κ2) is 10.0. The normalized spacial score (nSPS) is 11.6. The van der Waals surface area contributed by atoms with Gasteiger partial charge in [-0.25, -0.2) is 0 Å². The van der Waals surface area contributed by atoms with E-state index in [1.807, 2.05) is 66.7 Å². The van der Waals surface area contributed by atoms with Crippen LogP contribution in [0.2, 0.25) is 0 Å². The van der Waals surface area contributed by atoms with Crippen LogP contribution in [0, 0.1) is 17.2 Å². The van der Waals surface area contributed by atoms with Gasteiger partial charge in [-0.15, -0.1) is 0 Å². The highest BCUT2D eigenvalue weighted by Gasteiger charge is 2.15. The van der Waals surface area contributed by atoms with Crippen LogP contribution in [0.15, 0.2) is 83.3 Å². The quantitative estimate of drug-likeness (QED) is 0.365. The molecule has 0 radical (unpaired) electrons. The van der Waals surface area contributed by atoms with Crippen molar-refractivity contribution >= 4 is 21.7 Å². The molecule has 0 aliphatic heterocycles. The summed E-state index contributed by atoms with van der Waals surface area (Å²) in [5.41, 5.74) is 4.12. The van der Waals surface area contributed by atoms with Crippen molar-refractivity contribution in [2.45, 2.75) is 25.7 Å². The number of nitriles is 1. The number of rotatable bonds is 8. The summed E-state index contributed by atoms with van der Waals surface area (Å²) in [7, 11) is 0. The molecule has 0 aliphatic rings. The number of carbonyl (C=O) groups is 1. The van der Waals surface area contributed by atoms with Crippen LogP contribution in [-0.4, -0.2) is 5.78 Å². The van der Waals surface area contributed by atoms with Gasteiger partial charge in [0.1, 0.15) is 0 Å². The minimum atomic E-state index is -0.234. The number of nitrogens with zero attached hydrogens (tertiary/aromatic N) is 1. The molecule has 140 valence electrons. The molecule has 0 saturated heterocycles. The standard InChI is InChI=1S/C25H22BrNO/c26-24-15-13-22(14-16-24)21-9-11-23(12-10-21)25(28)17-20(18-27)8-4-7-19-5-2-1-3-6-19/h1-3,5-6,9-16,20H,4,7-8,17H2. The zero-order valence-corrected chi connectivity index (χ0v) is 17.2. The fourth-order valence-corrected chi connectivity index (χ4v) is 3.51. The lowest BCUT2D eigenvalue weighted by molar-refractivity contribution is 0.0968. The van der Waals surface area contributed by atoms with E-state index >= 15 is 0 Å². The number of benzene rings is 3. The Kier molecular flexibility index (Phi) is 7.17. The van der Waals surface area contributed by atoms with Gasteiger partial charge in [-0.3, -0.25) is 4.79 Å². The third-order valence-corrected chi connectivity index (χ3v) is 5.39. The van der Waals surface area contributed by atoms with Crippen LogP contribution in [-0.2, 0) is 6.42 Å². The summed E-state index contributed by atoms with van der Waals surface area (Å²) in [6.07, 6.45) is 2.88. The largest absolute Gasteiger partial charge is 0.294 e. The molecule has 3 heteroatoms. The number of hydrogen-bond donors (Lipinski definition) is 0. The lowest BCUT2D eigenvalue weighted by Crippen LogP contribution is -2.08. The van der Waals surface area contributed by atoms with Gasteiger partial charge in [0.2, 0.25) is 0 Å². The van der Waals surface area contributed by atoms with E-state index in [1.54, 1.807) is 0 Å². The van der Waals surface area contributed by atoms with Crippen molar-refractivity contribution in [3.63, 3.8) is 0 Å². The first-order valence-corrected chi connectivity index (χ1v) is 10.3. The first kappa shape index (κ1) is 20.0. The molecule has 0 aliphatic carbocycles. The number of halogens is 1. The SMILES string of the molecule is N#CC(CCCc1ccccc1)CC(=O)c1ccc(-c2ccc(Br)cc2)cc1. The van der Waals surface area contributed by atoms with Crippen LogP contribution >= 0.6 is 15.9 Å². The Balaban J connectivity index is 1.55. The average molecular weight is 432 g/mol. The molecule has 0 bridgehead atoms. The zero-order chi connectivity index (χ0) is 19.8. The van der Waals surface area contributed by atoms with E-state index in [0.29, 0.717) is 5.56 Å². The fraction of sp³-hybridized carbons (Fsp3) is 0.200. The number of carbonyl (C=O) groups excluding carboxylic acids is 1. The summed E-state index contributed by atoms with van der Waals surface area (Å²) in [5.74, 6) is -0.198. The predicted molar refractivity (Wildman–Crippen MR) is 117 cm³/mol. The monoisotopic (exact) mass is 431 g/mol. The van der Waals surface area contributed by atoms with E-state index in [1.165, 1.54) is 5.56 Å². The molecule has 1 unspecified atom stereocenters. The molecule has 0 spiro atoms. The molecule has 0 amide bonds. The Morgan fingerprint density at radius 3 is 2.11 bits per heavy atom. The van der Waals surface area contributed by atoms with Gasteiger partial charge in [0.15, 0.2) is 5.78 Å². The van der Waals surface area contributed by atoms with Crippen LogP contribution in [0.5, 0.6) is 0 Å². The van der Waals surface area contributed by atoms with Crippen molar-refractivity contribution in [2.24, 2.45) is 5.92 Å². The van der Waals surface area contributed by atoms with Crippen molar-refractivity contribution in [3.8, 4) is 17.2 Å². The number of Topliss-reactive ketones (excluding diaryl/α,β-unsaturated/α-hetero) is 1. The fourth-order valence-electron chi connectivity index (χ4n) is 3.24. The van der Waals surface area contributed by atoms with Crippen molar-refractivity contribution in [2.75, 3.05) is 0 Å². The van der Waals surface area contributed by atoms with Crippen LogP contribution in [0.25, 0.3) is 11.1 Å². The molecule has 2 nitrogen and oxygen atoms in total. The summed E-state index contributed by atoms with van der Waals surface area (Å²) in [4.78, 5) is 12.6. The molecule has 0 saturated carbocycles. The summed E-state index contributed by atoms with van der Waals surface area (Å²) in [5, 5.41) is 9.43. The molecule has 3 aromatic carbocycles. The van der Waals surface area contributed by atoms with Crippen LogP contribution in [0.1, 0.15) is 35.2 Å². The van der Waals surface area contributed by atoms with Gasteiger partial charge >= 0.3 is 0 Å². The van der Waals surface area contributed by atoms with E-state index in [2.05, 4.69) is 34.1 Å². The Morgan fingerprint density at radius 1 is 0.893 bits per heavy atom. The second-order valence-corrected chi connectivity index (χ2v) is 7.83. The van der Waals surface area contributed by atoms with Crippen molar-refractivity contribution in [3.05, 3.63) is 94.5 Å². The summed E-state index contributed by atoms with van der Waals surface area (Å²) >= 11 is 3.44. The Bertz CT molecular complexity index is 941. The maximum Gasteiger partial charge on any atom is 0.164 e. The molecule has 3 aromatic rings. The van der Waals surface area contributed by atoms with Crippen LogP contribution in [0.4, 0.5) is 0 Å². The highest BCUT2D eigenvalue weighted by Crippen LogP contribution is 2.23. The third-order valence-electron chi connectivity index (χ3n) is 4.86. The summed E-state index contributed by atoms with van der Waals surface area (Å²) in [6.45, 7) is 0. The predicted octanol–water partition coefficient (Wildman–Crippen LogP) is 6.85. The number of hydrogen-bond acceptors (Lipinski definition) is 2. The number of ketones is 1. The lowest BCUT2D eigenvalue weighted by atomic mass is 9.93. The molecule has 0 aromatic heterocycles. The minimum Gasteiger partial charge on any atom is -0.294 e. The molecule has 0 fully saturated rings.